The van der Waals surface area contributed by atoms with E-state index in [2.05, 4.69) is 40.8 Å². The molecule has 4 heteroatoms. The molecule has 1 aliphatic rings. The summed E-state index contributed by atoms with van der Waals surface area (Å²) in [4.78, 5) is 12.2. The van der Waals surface area contributed by atoms with Gasteiger partial charge in [0.1, 0.15) is 0 Å². The minimum absolute atomic E-state index is 0.0772. The van der Waals surface area contributed by atoms with Gasteiger partial charge in [-0.2, -0.15) is 0 Å². The van der Waals surface area contributed by atoms with E-state index in [9.17, 15) is 9.90 Å². The Kier molecular flexibility index (Phi) is 6.22. The smallest absolute Gasteiger partial charge is 0.223 e. The molecule has 0 saturated heterocycles. The zero-order valence-corrected chi connectivity index (χ0v) is 16.2. The minimum Gasteiger partial charge on any atom is -0.504 e. The first-order chi connectivity index (χ1) is 10.0. The molecule has 0 aliphatic heterocycles. The van der Waals surface area contributed by atoms with Crippen LogP contribution < -0.4 is 0 Å². The van der Waals surface area contributed by atoms with Crippen molar-refractivity contribution in [2.45, 2.75) is 72.0 Å². The average Bonchev–Trinajstić information content (AvgIpc) is 2.60. The molecule has 22 heavy (non-hydrogen) atoms. The Bertz CT molecular complexity index is 481. The molecular weight excluding hydrogens is 292 g/mol. The summed E-state index contributed by atoms with van der Waals surface area (Å²) in [7, 11) is -1.86. The largest absolute Gasteiger partial charge is 0.504 e. The molecule has 0 aromatic rings. The van der Waals surface area contributed by atoms with E-state index < -0.39 is 8.32 Å². The third-order valence-electron chi connectivity index (χ3n) is 5.09. The molecule has 1 rings (SSSR count). The summed E-state index contributed by atoms with van der Waals surface area (Å²) < 4.78 is 6.28. The topological polar surface area (TPSA) is 46.5 Å². The Labute approximate surface area is 136 Å². The van der Waals surface area contributed by atoms with Crippen LogP contribution >= 0.6 is 0 Å². The van der Waals surface area contributed by atoms with Crippen LogP contribution in [0.5, 0.6) is 0 Å². The molecule has 3 nitrogen and oxygen atoms in total. The van der Waals surface area contributed by atoms with Gasteiger partial charge >= 0.3 is 0 Å². The van der Waals surface area contributed by atoms with Crippen LogP contribution in [0.2, 0.25) is 18.1 Å². The van der Waals surface area contributed by atoms with E-state index in [0.717, 1.165) is 30.4 Å². The molecule has 0 aromatic heterocycles. The van der Waals surface area contributed by atoms with Gasteiger partial charge in [0, 0.05) is 18.1 Å². The van der Waals surface area contributed by atoms with E-state index in [1.54, 1.807) is 0 Å². The SMILES string of the molecule is CCCC/C=C1/C(=O)C(O)=C(C)[C@H]1CO[Si](C)(C)C(C)(C)C. The summed E-state index contributed by atoms with van der Waals surface area (Å²) in [5, 5.41) is 10.1. The van der Waals surface area contributed by atoms with Gasteiger partial charge in [0.2, 0.25) is 5.78 Å². The van der Waals surface area contributed by atoms with Gasteiger partial charge in [0.25, 0.3) is 0 Å². The summed E-state index contributed by atoms with van der Waals surface area (Å²) in [6, 6.07) is 0. The second-order valence-electron chi connectivity index (χ2n) is 7.79. The van der Waals surface area contributed by atoms with Gasteiger partial charge in [-0.1, -0.05) is 46.6 Å². The molecule has 0 aromatic carbocycles. The number of ketones is 1. The van der Waals surface area contributed by atoms with Crippen LogP contribution in [0.25, 0.3) is 0 Å². The summed E-state index contributed by atoms with van der Waals surface area (Å²) in [6.45, 7) is 15.5. The van der Waals surface area contributed by atoms with Gasteiger partial charge in [-0.3, -0.25) is 4.79 Å². The highest BCUT2D eigenvalue weighted by atomic mass is 28.4. The molecular formula is C18H32O3Si. The van der Waals surface area contributed by atoms with E-state index in [1.807, 2.05) is 13.0 Å². The van der Waals surface area contributed by atoms with Gasteiger partial charge < -0.3 is 9.53 Å². The monoisotopic (exact) mass is 324 g/mol. The number of unbranched alkanes of at least 4 members (excludes halogenated alkanes) is 2. The van der Waals surface area contributed by atoms with Gasteiger partial charge in [-0.25, -0.2) is 0 Å². The zero-order chi connectivity index (χ0) is 17.1. The number of hydrogen-bond acceptors (Lipinski definition) is 3. The van der Waals surface area contributed by atoms with Crippen LogP contribution in [0.15, 0.2) is 23.0 Å². The number of Topliss-reactive ketones (excluding diaryl/α,β-unsaturated/α-hetero) is 1. The Morgan fingerprint density at radius 2 is 1.91 bits per heavy atom. The molecule has 1 atom stereocenters. The van der Waals surface area contributed by atoms with Crippen LogP contribution in [-0.4, -0.2) is 25.8 Å². The molecule has 0 heterocycles. The highest BCUT2D eigenvalue weighted by molar-refractivity contribution is 6.74. The summed E-state index contributed by atoms with van der Waals surface area (Å²) in [5.74, 6) is -0.373. The van der Waals surface area contributed by atoms with Crippen LogP contribution in [0.4, 0.5) is 0 Å². The van der Waals surface area contributed by atoms with Crippen molar-refractivity contribution in [1.82, 2.24) is 0 Å². The van der Waals surface area contributed by atoms with E-state index in [0.29, 0.717) is 6.61 Å². The van der Waals surface area contributed by atoms with E-state index >= 15 is 0 Å². The maximum absolute atomic E-state index is 12.2. The first-order valence-corrected chi connectivity index (χ1v) is 11.2. The average molecular weight is 325 g/mol. The molecule has 0 amide bonds. The predicted molar refractivity (Wildman–Crippen MR) is 94.6 cm³/mol. The predicted octanol–water partition coefficient (Wildman–Crippen LogP) is 5.16. The lowest BCUT2D eigenvalue weighted by molar-refractivity contribution is -0.114. The van der Waals surface area contributed by atoms with Crippen molar-refractivity contribution >= 4 is 14.1 Å². The molecule has 0 spiro atoms. The Hall–Kier alpha value is -0.873. The van der Waals surface area contributed by atoms with Crippen LogP contribution in [0.1, 0.15) is 53.9 Å². The van der Waals surface area contributed by atoms with Gasteiger partial charge in [0.05, 0.1) is 0 Å². The molecule has 1 aliphatic carbocycles. The van der Waals surface area contributed by atoms with Gasteiger partial charge in [-0.15, -0.1) is 0 Å². The highest BCUT2D eigenvalue weighted by Crippen LogP contribution is 2.39. The Morgan fingerprint density at radius 1 is 1.32 bits per heavy atom. The lowest BCUT2D eigenvalue weighted by Crippen LogP contribution is -2.42. The fraction of sp³-hybridized carbons (Fsp3) is 0.722. The van der Waals surface area contributed by atoms with Crippen molar-refractivity contribution in [2.24, 2.45) is 5.92 Å². The lowest BCUT2D eigenvalue weighted by atomic mass is 9.97. The molecule has 126 valence electrons. The fourth-order valence-corrected chi connectivity index (χ4v) is 3.31. The van der Waals surface area contributed by atoms with Crippen LogP contribution in [0.3, 0.4) is 0 Å². The summed E-state index contributed by atoms with van der Waals surface area (Å²) >= 11 is 0. The number of hydrogen-bond donors (Lipinski definition) is 1. The second-order valence-corrected chi connectivity index (χ2v) is 12.6. The number of carbonyl (C=O) groups excluding carboxylic acids is 1. The lowest BCUT2D eigenvalue weighted by Gasteiger charge is -2.37. The standard InChI is InChI=1S/C18H32O3Si/c1-8-9-10-11-14-15(13(2)16(19)17(14)20)12-21-22(6,7)18(3,4)5/h11,15,19H,8-10,12H2,1-7H3/b14-11+/t15-/m1/s1. The van der Waals surface area contributed by atoms with Crippen molar-refractivity contribution in [1.29, 1.82) is 0 Å². The second kappa shape index (κ2) is 7.13. The molecule has 0 radical (unpaired) electrons. The van der Waals surface area contributed by atoms with Crippen LogP contribution in [-0.2, 0) is 9.22 Å². The number of rotatable bonds is 6. The summed E-state index contributed by atoms with van der Waals surface area (Å²) in [6.07, 6.45) is 5.04. The molecule has 0 fully saturated rings. The molecule has 0 saturated carbocycles. The van der Waals surface area contributed by atoms with Crippen molar-refractivity contribution in [3.8, 4) is 0 Å². The first-order valence-electron chi connectivity index (χ1n) is 8.31. The summed E-state index contributed by atoms with van der Waals surface area (Å²) in [5.41, 5.74) is 1.48. The van der Waals surface area contributed by atoms with Crippen molar-refractivity contribution in [3.05, 3.63) is 23.0 Å². The van der Waals surface area contributed by atoms with Gasteiger partial charge in [0.15, 0.2) is 14.1 Å². The number of aliphatic hydroxyl groups excluding tert-OH is 1. The van der Waals surface area contributed by atoms with E-state index in [4.69, 9.17) is 4.43 Å². The highest BCUT2D eigenvalue weighted by Gasteiger charge is 2.40. The normalized spacial score (nSPS) is 22.0. The minimum atomic E-state index is -1.86. The third kappa shape index (κ3) is 4.11. The first kappa shape index (κ1) is 19.2. The maximum Gasteiger partial charge on any atom is 0.223 e. The van der Waals surface area contributed by atoms with E-state index in [1.165, 1.54) is 0 Å². The van der Waals surface area contributed by atoms with Crippen molar-refractivity contribution in [3.63, 3.8) is 0 Å². The molecule has 0 bridgehead atoms. The fourth-order valence-electron chi connectivity index (χ4n) is 2.29. The van der Waals surface area contributed by atoms with E-state index in [-0.39, 0.29) is 22.5 Å². The van der Waals surface area contributed by atoms with Gasteiger partial charge in [-0.05, 0) is 37.0 Å². The number of carbonyl (C=O) groups is 1. The maximum atomic E-state index is 12.2. The quantitative estimate of drug-likeness (QED) is 0.417. The molecule has 0 unspecified atom stereocenters. The Balaban J connectivity index is 2.89. The third-order valence-corrected chi connectivity index (χ3v) is 9.59. The Morgan fingerprint density at radius 3 is 2.41 bits per heavy atom. The van der Waals surface area contributed by atoms with Crippen LogP contribution in [0, 0.1) is 5.92 Å². The molecule has 1 N–H and O–H groups in total. The number of aliphatic hydroxyl groups is 1. The van der Waals surface area contributed by atoms with Crippen molar-refractivity contribution < 1.29 is 14.3 Å². The zero-order valence-electron chi connectivity index (χ0n) is 15.2. The number of allylic oxidation sites excluding steroid dienone is 2. The van der Waals surface area contributed by atoms with Crippen molar-refractivity contribution in [2.75, 3.05) is 6.61 Å².